The van der Waals surface area contributed by atoms with Crippen molar-refractivity contribution >= 4 is 28.9 Å². The first-order valence-electron chi connectivity index (χ1n) is 9.76. The molecule has 2 heterocycles. The summed E-state index contributed by atoms with van der Waals surface area (Å²) < 4.78 is 0. The lowest BCUT2D eigenvalue weighted by Gasteiger charge is -2.34. The second-order valence-corrected chi connectivity index (χ2v) is 7.90. The summed E-state index contributed by atoms with van der Waals surface area (Å²) in [5, 5.41) is 0.540. The first-order chi connectivity index (χ1) is 13.1. The van der Waals surface area contributed by atoms with E-state index >= 15 is 0 Å². The number of amides is 1. The predicted molar refractivity (Wildman–Crippen MR) is 112 cm³/mol. The molecule has 0 saturated carbocycles. The zero-order chi connectivity index (χ0) is 18.8. The molecule has 0 aliphatic carbocycles. The number of aryl methyl sites for hydroxylation is 1. The fourth-order valence-corrected chi connectivity index (χ4v) is 4.24. The Labute approximate surface area is 166 Å². The van der Waals surface area contributed by atoms with E-state index in [0.717, 1.165) is 63.4 Å². The van der Waals surface area contributed by atoms with Crippen LogP contribution in [0, 0.1) is 0 Å². The summed E-state index contributed by atoms with van der Waals surface area (Å²) in [4.78, 5) is 19.9. The number of nitrogens with zero attached hydrogens (tertiary/aromatic N) is 3. The monoisotopic (exact) mass is 383 g/mol. The van der Waals surface area contributed by atoms with E-state index < -0.39 is 0 Å². The molecule has 0 radical (unpaired) electrons. The van der Waals surface area contributed by atoms with Gasteiger partial charge >= 0.3 is 0 Å². The van der Waals surface area contributed by atoms with Crippen LogP contribution in [-0.4, -0.2) is 50.6 Å². The second kappa shape index (κ2) is 7.91. The van der Waals surface area contributed by atoms with Crippen molar-refractivity contribution in [2.75, 3.05) is 49.6 Å². The minimum absolute atomic E-state index is 0.000669. The van der Waals surface area contributed by atoms with Gasteiger partial charge in [-0.3, -0.25) is 4.79 Å². The Hall–Kier alpha value is -2.04. The molecule has 0 spiro atoms. The van der Waals surface area contributed by atoms with Gasteiger partial charge in [0.2, 0.25) is 0 Å². The molecular formula is C22H26ClN3O. The Morgan fingerprint density at radius 3 is 2.52 bits per heavy atom. The third-order valence-corrected chi connectivity index (χ3v) is 5.97. The van der Waals surface area contributed by atoms with Crippen LogP contribution >= 0.6 is 11.6 Å². The summed E-state index contributed by atoms with van der Waals surface area (Å²) in [5.41, 5.74) is 3.96. The highest BCUT2D eigenvalue weighted by atomic mass is 35.5. The van der Waals surface area contributed by atoms with Gasteiger partial charge in [0, 0.05) is 44.1 Å². The van der Waals surface area contributed by atoms with E-state index in [1.807, 2.05) is 41.3 Å². The SMILES string of the molecule is CN1CCN(c2ccc(C(=O)N3CCCCc4ccccc43)c(Cl)c2)CC1. The van der Waals surface area contributed by atoms with Crippen LogP contribution in [-0.2, 0) is 6.42 Å². The van der Waals surface area contributed by atoms with Crippen LogP contribution in [0.3, 0.4) is 0 Å². The lowest BCUT2D eigenvalue weighted by Crippen LogP contribution is -2.44. The molecule has 1 amide bonds. The van der Waals surface area contributed by atoms with Gasteiger partial charge in [-0.2, -0.15) is 0 Å². The van der Waals surface area contributed by atoms with Crippen molar-refractivity contribution in [2.24, 2.45) is 0 Å². The van der Waals surface area contributed by atoms with Gasteiger partial charge in [-0.25, -0.2) is 0 Å². The fourth-order valence-electron chi connectivity index (χ4n) is 3.99. The lowest BCUT2D eigenvalue weighted by atomic mass is 10.1. The molecule has 2 aliphatic heterocycles. The quantitative estimate of drug-likeness (QED) is 0.782. The molecule has 142 valence electrons. The summed E-state index contributed by atoms with van der Waals surface area (Å²) in [6.07, 6.45) is 3.14. The molecule has 4 rings (SSSR count). The average molecular weight is 384 g/mol. The van der Waals surface area contributed by atoms with Crippen LogP contribution < -0.4 is 9.80 Å². The topological polar surface area (TPSA) is 26.8 Å². The minimum Gasteiger partial charge on any atom is -0.369 e. The number of anilines is 2. The van der Waals surface area contributed by atoms with Gasteiger partial charge in [0.15, 0.2) is 0 Å². The second-order valence-electron chi connectivity index (χ2n) is 7.50. The molecule has 1 saturated heterocycles. The van der Waals surface area contributed by atoms with Crippen molar-refractivity contribution in [1.29, 1.82) is 0 Å². The summed E-state index contributed by atoms with van der Waals surface area (Å²) in [7, 11) is 2.14. The van der Waals surface area contributed by atoms with Gasteiger partial charge in [0.25, 0.3) is 5.91 Å². The number of carbonyl (C=O) groups excluding carboxylic acids is 1. The van der Waals surface area contributed by atoms with E-state index in [-0.39, 0.29) is 5.91 Å². The van der Waals surface area contributed by atoms with E-state index in [9.17, 15) is 4.79 Å². The Bertz CT molecular complexity index is 830. The van der Waals surface area contributed by atoms with Gasteiger partial charge in [-0.05, 0) is 56.1 Å². The Morgan fingerprint density at radius 2 is 1.74 bits per heavy atom. The number of para-hydroxylation sites is 1. The van der Waals surface area contributed by atoms with Crippen LogP contribution in [0.1, 0.15) is 28.8 Å². The van der Waals surface area contributed by atoms with Crippen molar-refractivity contribution in [3.63, 3.8) is 0 Å². The molecule has 0 atom stereocenters. The van der Waals surface area contributed by atoms with Crippen molar-refractivity contribution < 1.29 is 4.79 Å². The maximum absolute atomic E-state index is 13.3. The molecule has 0 aromatic heterocycles. The van der Waals surface area contributed by atoms with Gasteiger partial charge in [-0.1, -0.05) is 29.8 Å². The molecule has 4 nitrogen and oxygen atoms in total. The van der Waals surface area contributed by atoms with E-state index in [1.165, 1.54) is 5.56 Å². The number of benzene rings is 2. The number of piperazine rings is 1. The van der Waals surface area contributed by atoms with E-state index in [1.54, 1.807) is 0 Å². The Balaban J connectivity index is 1.59. The first kappa shape index (κ1) is 18.3. The van der Waals surface area contributed by atoms with Crippen LogP contribution in [0.15, 0.2) is 42.5 Å². The summed E-state index contributed by atoms with van der Waals surface area (Å²) in [6, 6.07) is 14.1. The normalized spacial score (nSPS) is 18.1. The predicted octanol–water partition coefficient (Wildman–Crippen LogP) is 4.07. The maximum Gasteiger partial charge on any atom is 0.259 e. The van der Waals surface area contributed by atoms with E-state index in [4.69, 9.17) is 11.6 Å². The largest absolute Gasteiger partial charge is 0.369 e. The molecule has 2 aliphatic rings. The number of rotatable bonds is 2. The molecule has 5 heteroatoms. The molecule has 27 heavy (non-hydrogen) atoms. The van der Waals surface area contributed by atoms with E-state index in [2.05, 4.69) is 22.9 Å². The molecule has 0 bridgehead atoms. The van der Waals surface area contributed by atoms with Gasteiger partial charge in [0.1, 0.15) is 0 Å². The number of likely N-dealkylation sites (N-methyl/N-ethyl adjacent to an activating group) is 1. The van der Waals surface area contributed by atoms with Gasteiger partial charge in [-0.15, -0.1) is 0 Å². The number of hydrogen-bond donors (Lipinski definition) is 0. The summed E-state index contributed by atoms with van der Waals surface area (Å²) in [6.45, 7) is 4.80. The van der Waals surface area contributed by atoms with Gasteiger partial charge < -0.3 is 14.7 Å². The van der Waals surface area contributed by atoms with Crippen LogP contribution in [0.25, 0.3) is 0 Å². The molecule has 2 aromatic rings. The highest BCUT2D eigenvalue weighted by Gasteiger charge is 2.24. The molecule has 0 N–H and O–H groups in total. The zero-order valence-corrected chi connectivity index (χ0v) is 16.6. The van der Waals surface area contributed by atoms with Crippen LogP contribution in [0.5, 0.6) is 0 Å². The molecule has 0 unspecified atom stereocenters. The molecule has 1 fully saturated rings. The van der Waals surface area contributed by atoms with Crippen molar-refractivity contribution in [3.8, 4) is 0 Å². The third-order valence-electron chi connectivity index (χ3n) is 5.66. The van der Waals surface area contributed by atoms with E-state index in [0.29, 0.717) is 10.6 Å². The summed E-state index contributed by atoms with van der Waals surface area (Å²) >= 11 is 6.57. The fraction of sp³-hybridized carbons (Fsp3) is 0.409. The Kier molecular flexibility index (Phi) is 5.37. The number of fused-ring (bicyclic) bond motifs is 1. The number of halogens is 1. The van der Waals surface area contributed by atoms with Crippen LogP contribution in [0.2, 0.25) is 5.02 Å². The number of carbonyl (C=O) groups is 1. The average Bonchev–Trinajstić information content (AvgIpc) is 2.90. The molecular weight excluding hydrogens is 358 g/mol. The number of hydrogen-bond acceptors (Lipinski definition) is 3. The standard InChI is InChI=1S/C22H26ClN3O/c1-24-12-14-25(15-13-24)18-9-10-19(20(23)16-18)22(27)26-11-5-4-7-17-6-2-3-8-21(17)26/h2-3,6,8-10,16H,4-5,7,11-15H2,1H3. The van der Waals surface area contributed by atoms with Crippen molar-refractivity contribution in [3.05, 3.63) is 58.6 Å². The molecule has 2 aromatic carbocycles. The third kappa shape index (κ3) is 3.83. The Morgan fingerprint density at radius 1 is 0.963 bits per heavy atom. The van der Waals surface area contributed by atoms with Crippen molar-refractivity contribution in [1.82, 2.24) is 4.90 Å². The van der Waals surface area contributed by atoms with Gasteiger partial charge in [0.05, 0.1) is 10.6 Å². The first-order valence-corrected chi connectivity index (χ1v) is 10.1. The lowest BCUT2D eigenvalue weighted by molar-refractivity contribution is 0.0987. The maximum atomic E-state index is 13.3. The zero-order valence-electron chi connectivity index (χ0n) is 15.8. The smallest absolute Gasteiger partial charge is 0.259 e. The van der Waals surface area contributed by atoms with Crippen molar-refractivity contribution in [2.45, 2.75) is 19.3 Å². The highest BCUT2D eigenvalue weighted by Crippen LogP contribution is 2.31. The van der Waals surface area contributed by atoms with Crippen LogP contribution in [0.4, 0.5) is 11.4 Å². The highest BCUT2D eigenvalue weighted by molar-refractivity contribution is 6.34. The summed E-state index contributed by atoms with van der Waals surface area (Å²) in [5.74, 6) is -0.000669. The minimum atomic E-state index is -0.000669.